The number of hydroxylamine groups is 1. The van der Waals surface area contributed by atoms with Gasteiger partial charge in [0.25, 0.3) is 0 Å². The second kappa shape index (κ2) is 8.55. The van der Waals surface area contributed by atoms with E-state index in [1.54, 1.807) is 36.4 Å². The molecular formula is C17H17NO5. The maximum atomic E-state index is 11.6. The van der Waals surface area contributed by atoms with Crippen LogP contribution >= 0.6 is 0 Å². The van der Waals surface area contributed by atoms with Crippen LogP contribution in [0.25, 0.3) is 0 Å². The fraction of sp³-hybridized carbons (Fsp3) is 0.176. The first kappa shape index (κ1) is 16.5. The molecule has 0 saturated heterocycles. The van der Waals surface area contributed by atoms with E-state index < -0.39 is 18.2 Å². The Morgan fingerprint density at radius 2 is 1.52 bits per heavy atom. The number of aliphatic hydroxyl groups is 1. The second-order valence-electron chi connectivity index (χ2n) is 4.79. The lowest BCUT2D eigenvalue weighted by Gasteiger charge is -2.11. The molecule has 2 N–H and O–H groups in total. The number of carbonyl (C=O) groups excluding carboxylic acids is 2. The van der Waals surface area contributed by atoms with E-state index in [4.69, 9.17) is 4.74 Å². The normalized spacial score (nSPS) is 11.3. The minimum absolute atomic E-state index is 0.0524. The Kier molecular flexibility index (Phi) is 6.14. The van der Waals surface area contributed by atoms with Gasteiger partial charge >= 0.3 is 12.1 Å². The molecule has 0 aromatic heterocycles. The first-order valence-corrected chi connectivity index (χ1v) is 7.04. The van der Waals surface area contributed by atoms with Crippen molar-refractivity contribution in [2.45, 2.75) is 19.1 Å². The average molecular weight is 315 g/mol. The highest BCUT2D eigenvalue weighted by atomic mass is 16.7. The maximum absolute atomic E-state index is 11.6. The molecule has 2 aromatic rings. The van der Waals surface area contributed by atoms with Crippen molar-refractivity contribution in [3.05, 3.63) is 71.8 Å². The number of ether oxygens (including phenoxy) is 1. The van der Waals surface area contributed by atoms with E-state index in [0.717, 1.165) is 11.1 Å². The summed E-state index contributed by atoms with van der Waals surface area (Å²) in [6.45, 7) is 0.0524. The summed E-state index contributed by atoms with van der Waals surface area (Å²) in [7, 11) is 0. The monoisotopic (exact) mass is 315 g/mol. The summed E-state index contributed by atoms with van der Waals surface area (Å²) in [5, 5.41) is 9.73. The summed E-state index contributed by atoms with van der Waals surface area (Å²) >= 11 is 0. The van der Waals surface area contributed by atoms with Gasteiger partial charge in [-0.3, -0.25) is 0 Å². The van der Waals surface area contributed by atoms with E-state index in [1.807, 2.05) is 29.7 Å². The summed E-state index contributed by atoms with van der Waals surface area (Å²) in [4.78, 5) is 27.5. The molecule has 1 amide bonds. The molecule has 0 saturated carbocycles. The molecular weight excluding hydrogens is 298 g/mol. The van der Waals surface area contributed by atoms with E-state index in [-0.39, 0.29) is 13.0 Å². The fourth-order valence-corrected chi connectivity index (χ4v) is 1.83. The molecule has 6 heteroatoms. The Balaban J connectivity index is 1.70. The predicted octanol–water partition coefficient (Wildman–Crippen LogP) is 1.97. The minimum atomic E-state index is -1.37. The van der Waals surface area contributed by atoms with Crippen LogP contribution in [0.5, 0.6) is 0 Å². The highest BCUT2D eigenvalue weighted by molar-refractivity contribution is 5.76. The molecule has 120 valence electrons. The number of rotatable bonds is 5. The number of nitrogens with one attached hydrogen (secondary N) is 1. The van der Waals surface area contributed by atoms with Gasteiger partial charge < -0.3 is 14.7 Å². The lowest BCUT2D eigenvalue weighted by Crippen LogP contribution is -2.34. The predicted molar refractivity (Wildman–Crippen MR) is 82.0 cm³/mol. The Hall–Kier alpha value is -2.86. The molecule has 0 aliphatic heterocycles. The molecule has 2 aromatic carbocycles. The quantitative estimate of drug-likeness (QED) is 0.824. The van der Waals surface area contributed by atoms with Crippen molar-refractivity contribution in [3.63, 3.8) is 0 Å². The van der Waals surface area contributed by atoms with Crippen molar-refractivity contribution >= 4 is 12.1 Å². The third-order valence-electron chi connectivity index (χ3n) is 2.99. The molecule has 0 fully saturated rings. The Morgan fingerprint density at radius 1 is 0.957 bits per heavy atom. The highest BCUT2D eigenvalue weighted by Gasteiger charge is 2.19. The van der Waals surface area contributed by atoms with E-state index in [9.17, 15) is 14.7 Å². The minimum Gasteiger partial charge on any atom is -0.443 e. The van der Waals surface area contributed by atoms with Crippen LogP contribution in [0.2, 0.25) is 0 Å². The molecule has 0 aliphatic carbocycles. The van der Waals surface area contributed by atoms with Gasteiger partial charge in [0.2, 0.25) is 0 Å². The molecule has 0 unspecified atom stereocenters. The smallest absolute Gasteiger partial charge is 0.441 e. The third-order valence-corrected chi connectivity index (χ3v) is 2.99. The van der Waals surface area contributed by atoms with Gasteiger partial charge in [0, 0.05) is 6.42 Å². The second-order valence-corrected chi connectivity index (χ2v) is 4.79. The Labute approximate surface area is 133 Å². The lowest BCUT2D eigenvalue weighted by atomic mass is 10.1. The van der Waals surface area contributed by atoms with Gasteiger partial charge in [-0.1, -0.05) is 60.7 Å². The molecule has 0 spiro atoms. The van der Waals surface area contributed by atoms with E-state index in [1.165, 1.54) is 0 Å². The highest BCUT2D eigenvalue weighted by Crippen LogP contribution is 2.04. The first-order chi connectivity index (χ1) is 11.1. The van der Waals surface area contributed by atoms with Crippen molar-refractivity contribution in [2.24, 2.45) is 0 Å². The number of benzene rings is 2. The van der Waals surface area contributed by atoms with Gasteiger partial charge in [0.1, 0.15) is 6.61 Å². The summed E-state index contributed by atoms with van der Waals surface area (Å²) in [6.07, 6.45) is -2.18. The van der Waals surface area contributed by atoms with Crippen LogP contribution in [-0.2, 0) is 27.4 Å². The van der Waals surface area contributed by atoms with Crippen LogP contribution in [0, 0.1) is 0 Å². The topological polar surface area (TPSA) is 84.9 Å². The van der Waals surface area contributed by atoms with E-state index in [0.29, 0.717) is 0 Å². The molecule has 0 bridgehead atoms. The molecule has 1 atom stereocenters. The first-order valence-electron chi connectivity index (χ1n) is 7.04. The maximum Gasteiger partial charge on any atom is 0.441 e. The molecule has 2 rings (SSSR count). The zero-order valence-electron chi connectivity index (χ0n) is 12.3. The number of hydrogen-bond acceptors (Lipinski definition) is 5. The number of aliphatic hydroxyl groups excluding tert-OH is 1. The van der Waals surface area contributed by atoms with Crippen molar-refractivity contribution in [1.29, 1.82) is 0 Å². The van der Waals surface area contributed by atoms with Crippen molar-refractivity contribution in [3.8, 4) is 0 Å². The van der Waals surface area contributed by atoms with Crippen LogP contribution in [0.1, 0.15) is 11.1 Å². The summed E-state index contributed by atoms with van der Waals surface area (Å²) in [5.74, 6) is -0.953. The standard InChI is InChI=1S/C17H17NO5/c19-15(11-13-7-3-1-4-8-13)16(20)23-18-17(21)22-12-14-9-5-2-6-10-14/h1-10,15,19H,11-12H2,(H,18,21)/t15-/m1/s1. The van der Waals surface area contributed by atoms with Gasteiger partial charge in [-0.15, -0.1) is 5.48 Å². The van der Waals surface area contributed by atoms with Crippen LogP contribution in [0.4, 0.5) is 4.79 Å². The van der Waals surface area contributed by atoms with Gasteiger partial charge in [-0.05, 0) is 11.1 Å². The fourth-order valence-electron chi connectivity index (χ4n) is 1.83. The van der Waals surface area contributed by atoms with Crippen LogP contribution < -0.4 is 5.48 Å². The van der Waals surface area contributed by atoms with Gasteiger partial charge in [0.05, 0.1) is 0 Å². The molecule has 0 radical (unpaired) electrons. The van der Waals surface area contributed by atoms with E-state index in [2.05, 4.69) is 4.84 Å². The van der Waals surface area contributed by atoms with E-state index >= 15 is 0 Å². The Morgan fingerprint density at radius 3 is 2.13 bits per heavy atom. The van der Waals surface area contributed by atoms with Crippen molar-refractivity contribution < 1.29 is 24.3 Å². The summed E-state index contributed by atoms with van der Waals surface area (Å²) in [6, 6.07) is 18.0. The lowest BCUT2D eigenvalue weighted by molar-refractivity contribution is -0.159. The third kappa shape index (κ3) is 5.80. The molecule has 0 aliphatic rings. The molecule has 23 heavy (non-hydrogen) atoms. The van der Waals surface area contributed by atoms with Gasteiger partial charge in [-0.2, -0.15) is 0 Å². The van der Waals surface area contributed by atoms with Crippen LogP contribution in [-0.4, -0.2) is 23.3 Å². The number of amides is 1. The van der Waals surface area contributed by atoms with Crippen LogP contribution in [0.15, 0.2) is 60.7 Å². The number of carbonyl (C=O) groups is 2. The van der Waals surface area contributed by atoms with Gasteiger partial charge in [-0.25, -0.2) is 9.59 Å². The van der Waals surface area contributed by atoms with Gasteiger partial charge in [0.15, 0.2) is 6.10 Å². The van der Waals surface area contributed by atoms with Crippen molar-refractivity contribution in [2.75, 3.05) is 0 Å². The zero-order valence-corrected chi connectivity index (χ0v) is 12.3. The van der Waals surface area contributed by atoms with Crippen molar-refractivity contribution in [1.82, 2.24) is 5.48 Å². The largest absolute Gasteiger partial charge is 0.443 e. The average Bonchev–Trinajstić information content (AvgIpc) is 2.59. The zero-order chi connectivity index (χ0) is 16.5. The summed E-state index contributed by atoms with van der Waals surface area (Å²) < 4.78 is 4.87. The van der Waals surface area contributed by atoms with Crippen LogP contribution in [0.3, 0.4) is 0 Å². The molecule has 0 heterocycles. The molecule has 6 nitrogen and oxygen atoms in total. The SMILES string of the molecule is O=C(NOC(=O)[C@H](O)Cc1ccccc1)OCc1ccccc1. The number of hydrogen-bond donors (Lipinski definition) is 2. The Bertz CT molecular complexity index is 630. The summed E-state index contributed by atoms with van der Waals surface area (Å²) in [5.41, 5.74) is 3.43.